The highest BCUT2D eigenvalue weighted by Gasteiger charge is 2.31. The van der Waals surface area contributed by atoms with Gasteiger partial charge in [-0.1, -0.05) is 184 Å². The summed E-state index contributed by atoms with van der Waals surface area (Å²) in [5.74, 6) is 0.870. The quantitative estimate of drug-likeness (QED) is 0.113. The van der Waals surface area contributed by atoms with Crippen molar-refractivity contribution in [2.75, 3.05) is 0 Å². The van der Waals surface area contributed by atoms with Crippen LogP contribution in [0.4, 0.5) is 0 Å². The molecule has 0 saturated carbocycles. The monoisotopic (exact) mass is 676 g/mol. The molecule has 0 spiro atoms. The number of allylic oxidation sites excluding steroid dienone is 2. The third kappa shape index (κ3) is 6.52. The Hall–Kier alpha value is -4.98. The summed E-state index contributed by atoms with van der Waals surface area (Å²) in [5.41, 5.74) is 20.1. The molecule has 0 aliphatic heterocycles. The molecule has 0 amide bonds. The first-order chi connectivity index (χ1) is 25.2. The van der Waals surface area contributed by atoms with E-state index in [0.717, 1.165) is 25.7 Å². The molecule has 2 aliphatic carbocycles. The smallest absolute Gasteiger partial charge is 0.0219 e. The van der Waals surface area contributed by atoms with Gasteiger partial charge in [-0.15, -0.1) is 0 Å². The first kappa shape index (κ1) is 33.2. The van der Waals surface area contributed by atoms with Crippen LogP contribution in [0, 0.1) is 0 Å². The normalized spacial score (nSPS) is 16.3. The number of aryl methyl sites for hydroxylation is 2. The van der Waals surface area contributed by atoms with Crippen molar-refractivity contribution in [1.82, 2.24) is 0 Å². The lowest BCUT2D eigenvalue weighted by Crippen LogP contribution is -2.08. The molecular weight excluding hydrogens is 629 g/mol. The van der Waals surface area contributed by atoms with Gasteiger partial charge in [0.05, 0.1) is 0 Å². The molecule has 8 rings (SSSR count). The van der Waals surface area contributed by atoms with E-state index in [-0.39, 0.29) is 0 Å². The fraction of sp³-hybridized carbons (Fsp3) is 0.200. The van der Waals surface area contributed by atoms with Crippen molar-refractivity contribution in [2.45, 2.75) is 63.5 Å². The van der Waals surface area contributed by atoms with Gasteiger partial charge >= 0.3 is 0 Å². The molecule has 0 aromatic heterocycles. The summed E-state index contributed by atoms with van der Waals surface area (Å²) < 4.78 is 0. The number of hydrogen-bond acceptors (Lipinski definition) is 0. The maximum Gasteiger partial charge on any atom is 0.0219 e. The summed E-state index contributed by atoms with van der Waals surface area (Å²) in [4.78, 5) is 0. The van der Waals surface area contributed by atoms with E-state index >= 15 is 0 Å². The van der Waals surface area contributed by atoms with E-state index in [0.29, 0.717) is 11.8 Å². The van der Waals surface area contributed by atoms with Crippen molar-refractivity contribution in [3.8, 4) is 22.3 Å². The van der Waals surface area contributed by atoms with Crippen molar-refractivity contribution < 1.29 is 0 Å². The van der Waals surface area contributed by atoms with Gasteiger partial charge in [0.25, 0.3) is 0 Å². The standard InChI is InChI=1S/C50H48Si/c1-3-17-35-23-11-13-25-39(35)41-27-15-29-43-47(41)31-45(37-19-7-5-8-20-37)49(43)33-51-34-50-44-30-16-28-42(40-26-14-12-24-36(40)18-4-2)48(44)32-46(50)38-21-9-6-10-22-38/h5-16,19-32,49-50H,3-4,17-18,33-34,51H2,1-2H3. The van der Waals surface area contributed by atoms with Crippen LogP contribution in [-0.4, -0.2) is 9.52 Å². The minimum Gasteiger partial charge on any atom is -0.0651 e. The SMILES string of the molecule is CCCc1ccccc1-c1cccc2c1C=C(c1ccccc1)C2C[SiH2]CC1C(c2ccccc2)=Cc2c(-c3ccccc3CCC)cccc21. The van der Waals surface area contributed by atoms with E-state index in [2.05, 4.69) is 172 Å². The van der Waals surface area contributed by atoms with Gasteiger partial charge < -0.3 is 0 Å². The average molecular weight is 677 g/mol. The zero-order chi connectivity index (χ0) is 34.6. The van der Waals surface area contributed by atoms with E-state index in [4.69, 9.17) is 0 Å². The first-order valence-corrected chi connectivity index (χ1v) is 21.2. The predicted octanol–water partition coefficient (Wildman–Crippen LogP) is 12.9. The first-order valence-electron chi connectivity index (χ1n) is 19.2. The summed E-state index contributed by atoms with van der Waals surface area (Å²) in [5, 5.41) is 0. The molecule has 6 aromatic carbocycles. The maximum atomic E-state index is 2.54. The molecule has 0 N–H and O–H groups in total. The number of rotatable bonds is 12. The van der Waals surface area contributed by atoms with E-state index < -0.39 is 9.52 Å². The lowest BCUT2D eigenvalue weighted by Gasteiger charge is -2.21. The summed E-state index contributed by atoms with van der Waals surface area (Å²) in [7, 11) is -0.464. The van der Waals surface area contributed by atoms with E-state index in [1.54, 1.807) is 0 Å². The van der Waals surface area contributed by atoms with Gasteiger partial charge in [0.1, 0.15) is 0 Å². The number of benzene rings is 6. The van der Waals surface area contributed by atoms with Crippen LogP contribution < -0.4 is 0 Å². The molecule has 252 valence electrons. The van der Waals surface area contributed by atoms with Gasteiger partial charge in [0.15, 0.2) is 0 Å². The molecule has 0 fully saturated rings. The second kappa shape index (κ2) is 15.1. The van der Waals surface area contributed by atoms with Gasteiger partial charge in [-0.25, -0.2) is 0 Å². The third-order valence-corrected chi connectivity index (χ3v) is 13.2. The van der Waals surface area contributed by atoms with Crippen LogP contribution in [0.25, 0.3) is 45.6 Å². The summed E-state index contributed by atoms with van der Waals surface area (Å²) in [6, 6.07) is 57.2. The molecule has 6 aromatic rings. The Morgan fingerprint density at radius 2 is 0.804 bits per heavy atom. The number of fused-ring (bicyclic) bond motifs is 2. The Bertz CT molecular complexity index is 2050. The van der Waals surface area contributed by atoms with Crippen LogP contribution in [0.3, 0.4) is 0 Å². The Morgan fingerprint density at radius 3 is 1.24 bits per heavy atom. The fourth-order valence-corrected chi connectivity index (χ4v) is 11.2. The van der Waals surface area contributed by atoms with Crippen LogP contribution in [0.5, 0.6) is 0 Å². The molecule has 2 aliphatic rings. The lowest BCUT2D eigenvalue weighted by atomic mass is 9.89. The highest BCUT2D eigenvalue weighted by molar-refractivity contribution is 6.37. The molecule has 2 atom stereocenters. The molecule has 0 nitrogen and oxygen atoms in total. The molecule has 0 heterocycles. The lowest BCUT2D eigenvalue weighted by molar-refractivity contribution is 0.923. The van der Waals surface area contributed by atoms with Crippen molar-refractivity contribution >= 4 is 32.8 Å². The van der Waals surface area contributed by atoms with E-state index in [1.807, 2.05) is 0 Å². The molecule has 0 saturated heterocycles. The average Bonchev–Trinajstić information content (AvgIpc) is 3.75. The molecular formula is C50H48Si. The third-order valence-electron chi connectivity index (χ3n) is 11.2. The predicted molar refractivity (Wildman–Crippen MR) is 224 cm³/mol. The van der Waals surface area contributed by atoms with E-state index in [1.165, 1.54) is 90.0 Å². The van der Waals surface area contributed by atoms with Crippen LogP contribution in [-0.2, 0) is 12.8 Å². The Morgan fingerprint density at radius 1 is 0.412 bits per heavy atom. The molecule has 1 heteroatoms. The maximum absolute atomic E-state index is 2.54. The molecule has 0 radical (unpaired) electrons. The number of hydrogen-bond donors (Lipinski definition) is 0. The van der Waals surface area contributed by atoms with Gasteiger partial charge in [0, 0.05) is 21.4 Å². The summed E-state index contributed by atoms with van der Waals surface area (Å²) in [6.07, 6.45) is 9.61. The van der Waals surface area contributed by atoms with Crippen LogP contribution in [0.1, 0.15) is 83.0 Å². The van der Waals surface area contributed by atoms with Crippen LogP contribution in [0.2, 0.25) is 12.1 Å². The van der Waals surface area contributed by atoms with Gasteiger partial charge in [-0.2, -0.15) is 0 Å². The summed E-state index contributed by atoms with van der Waals surface area (Å²) >= 11 is 0. The van der Waals surface area contributed by atoms with Gasteiger partial charge in [-0.3, -0.25) is 0 Å². The zero-order valence-electron chi connectivity index (χ0n) is 30.1. The topological polar surface area (TPSA) is 0 Å². The Balaban J connectivity index is 1.14. The van der Waals surface area contributed by atoms with Crippen molar-refractivity contribution in [2.24, 2.45) is 0 Å². The van der Waals surface area contributed by atoms with Crippen molar-refractivity contribution in [1.29, 1.82) is 0 Å². The van der Waals surface area contributed by atoms with Crippen molar-refractivity contribution in [3.05, 3.63) is 190 Å². The van der Waals surface area contributed by atoms with Gasteiger partial charge in [-0.05, 0) is 103 Å². The largest absolute Gasteiger partial charge is 0.0651 e. The van der Waals surface area contributed by atoms with Crippen LogP contribution >= 0.6 is 0 Å². The molecule has 51 heavy (non-hydrogen) atoms. The molecule has 2 unspecified atom stereocenters. The van der Waals surface area contributed by atoms with Gasteiger partial charge in [0.2, 0.25) is 0 Å². The van der Waals surface area contributed by atoms with Crippen molar-refractivity contribution in [3.63, 3.8) is 0 Å². The summed E-state index contributed by atoms with van der Waals surface area (Å²) in [6.45, 7) is 4.57. The Kier molecular flexibility index (Phi) is 9.82. The molecule has 0 bridgehead atoms. The van der Waals surface area contributed by atoms with Crippen LogP contribution in [0.15, 0.2) is 146 Å². The minimum absolute atomic E-state index is 0.435. The zero-order valence-corrected chi connectivity index (χ0v) is 31.5. The minimum atomic E-state index is -0.464. The highest BCUT2D eigenvalue weighted by Crippen LogP contribution is 2.50. The second-order valence-electron chi connectivity index (χ2n) is 14.4. The Labute approximate surface area is 307 Å². The fourth-order valence-electron chi connectivity index (χ4n) is 8.93. The second-order valence-corrected chi connectivity index (χ2v) is 16.3. The van der Waals surface area contributed by atoms with E-state index in [9.17, 15) is 0 Å². The highest BCUT2D eigenvalue weighted by atomic mass is 28.2.